The highest BCUT2D eigenvalue weighted by atomic mass is 35.5. The number of benzene rings is 2. The summed E-state index contributed by atoms with van der Waals surface area (Å²) in [7, 11) is 0. The summed E-state index contributed by atoms with van der Waals surface area (Å²) < 4.78 is 0. The summed E-state index contributed by atoms with van der Waals surface area (Å²) in [4.78, 5) is 0. The number of hydrogen-bond donors (Lipinski definition) is 1. The molecule has 0 saturated heterocycles. The van der Waals surface area contributed by atoms with Crippen molar-refractivity contribution in [2.24, 2.45) is 11.7 Å². The molecule has 0 aromatic heterocycles. The Morgan fingerprint density at radius 1 is 0.900 bits per heavy atom. The normalized spacial score (nSPS) is 12.3. The summed E-state index contributed by atoms with van der Waals surface area (Å²) in [6, 6.07) is 16.8. The molecule has 2 heteroatoms. The maximum absolute atomic E-state index is 5.91. The van der Waals surface area contributed by atoms with E-state index in [4.69, 9.17) is 17.3 Å². The van der Waals surface area contributed by atoms with Crippen LogP contribution in [0.15, 0.2) is 48.5 Å². The van der Waals surface area contributed by atoms with Crippen LogP contribution in [0.5, 0.6) is 0 Å². The van der Waals surface area contributed by atoms with Crippen molar-refractivity contribution in [2.45, 2.75) is 26.2 Å². The number of halogens is 1. The molecule has 0 bridgehead atoms. The van der Waals surface area contributed by atoms with Gasteiger partial charge in [-0.15, -0.1) is 0 Å². The molecule has 0 spiro atoms. The van der Waals surface area contributed by atoms with Gasteiger partial charge in [-0.05, 0) is 60.5 Å². The van der Waals surface area contributed by atoms with Crippen molar-refractivity contribution in [3.05, 3.63) is 59.1 Å². The highest BCUT2D eigenvalue weighted by molar-refractivity contribution is 6.30. The van der Waals surface area contributed by atoms with Crippen LogP contribution in [0, 0.1) is 5.92 Å². The lowest BCUT2D eigenvalue weighted by Crippen LogP contribution is -2.06. The molecular weight excluding hydrogens is 266 g/mol. The van der Waals surface area contributed by atoms with Crippen molar-refractivity contribution in [3.63, 3.8) is 0 Å². The molecule has 0 amide bonds. The van der Waals surface area contributed by atoms with Crippen LogP contribution in [0.1, 0.15) is 25.3 Å². The molecule has 0 aliphatic carbocycles. The Labute approximate surface area is 126 Å². The first-order chi connectivity index (χ1) is 9.69. The lowest BCUT2D eigenvalue weighted by molar-refractivity contribution is 0.500. The Morgan fingerprint density at radius 3 is 2.00 bits per heavy atom. The lowest BCUT2D eigenvalue weighted by atomic mass is 9.97. The van der Waals surface area contributed by atoms with Crippen molar-refractivity contribution in [1.82, 2.24) is 0 Å². The largest absolute Gasteiger partial charge is 0.330 e. The molecule has 106 valence electrons. The quantitative estimate of drug-likeness (QED) is 0.801. The molecule has 0 fully saturated rings. The van der Waals surface area contributed by atoms with Crippen molar-refractivity contribution in [2.75, 3.05) is 6.54 Å². The maximum atomic E-state index is 5.91. The summed E-state index contributed by atoms with van der Waals surface area (Å²) in [6.07, 6.45) is 3.45. The second kappa shape index (κ2) is 7.47. The van der Waals surface area contributed by atoms with Gasteiger partial charge in [0.2, 0.25) is 0 Å². The van der Waals surface area contributed by atoms with Crippen LogP contribution in [0.3, 0.4) is 0 Å². The minimum Gasteiger partial charge on any atom is -0.330 e. The van der Waals surface area contributed by atoms with Crippen LogP contribution in [-0.4, -0.2) is 6.54 Å². The third-order valence-electron chi connectivity index (χ3n) is 3.72. The number of nitrogens with two attached hydrogens (primary N) is 1. The zero-order valence-corrected chi connectivity index (χ0v) is 12.7. The van der Waals surface area contributed by atoms with E-state index in [1.807, 2.05) is 12.1 Å². The smallest absolute Gasteiger partial charge is 0.0406 e. The van der Waals surface area contributed by atoms with E-state index in [9.17, 15) is 0 Å². The number of hydrogen-bond acceptors (Lipinski definition) is 1. The molecule has 20 heavy (non-hydrogen) atoms. The molecule has 2 aromatic carbocycles. The summed E-state index contributed by atoms with van der Waals surface area (Å²) in [5, 5.41) is 0.777. The van der Waals surface area contributed by atoms with E-state index in [1.54, 1.807) is 0 Å². The second-order valence-electron chi connectivity index (χ2n) is 5.43. The van der Waals surface area contributed by atoms with Crippen molar-refractivity contribution >= 4 is 11.6 Å². The van der Waals surface area contributed by atoms with E-state index in [0.717, 1.165) is 24.4 Å². The molecular formula is C18H22ClN. The molecule has 0 saturated carbocycles. The first-order valence-corrected chi connectivity index (χ1v) is 7.62. The van der Waals surface area contributed by atoms with E-state index in [0.29, 0.717) is 5.92 Å². The Kier molecular flexibility index (Phi) is 5.63. The molecule has 2 N–H and O–H groups in total. The molecule has 0 aliphatic rings. The Hall–Kier alpha value is -1.31. The molecule has 1 unspecified atom stereocenters. The van der Waals surface area contributed by atoms with Gasteiger partial charge < -0.3 is 5.73 Å². The number of rotatable bonds is 6. The third kappa shape index (κ3) is 4.36. The molecule has 0 radical (unpaired) electrons. The van der Waals surface area contributed by atoms with E-state index >= 15 is 0 Å². The van der Waals surface area contributed by atoms with Gasteiger partial charge in [0, 0.05) is 5.02 Å². The van der Waals surface area contributed by atoms with Crippen LogP contribution in [-0.2, 0) is 6.42 Å². The second-order valence-corrected chi connectivity index (χ2v) is 5.86. The average Bonchev–Trinajstić information content (AvgIpc) is 2.47. The topological polar surface area (TPSA) is 26.0 Å². The van der Waals surface area contributed by atoms with Crippen LogP contribution in [0.25, 0.3) is 11.1 Å². The summed E-state index contributed by atoms with van der Waals surface area (Å²) >= 11 is 5.91. The molecule has 1 nitrogen and oxygen atoms in total. The van der Waals surface area contributed by atoms with E-state index in [-0.39, 0.29) is 0 Å². The van der Waals surface area contributed by atoms with Gasteiger partial charge in [0.25, 0.3) is 0 Å². The van der Waals surface area contributed by atoms with Gasteiger partial charge in [0.1, 0.15) is 0 Å². The lowest BCUT2D eigenvalue weighted by Gasteiger charge is -2.10. The zero-order chi connectivity index (χ0) is 14.4. The molecule has 0 heterocycles. The maximum Gasteiger partial charge on any atom is 0.0406 e. The van der Waals surface area contributed by atoms with Gasteiger partial charge in [-0.3, -0.25) is 0 Å². The molecule has 0 aliphatic heterocycles. The summed E-state index contributed by atoms with van der Waals surface area (Å²) in [5.41, 5.74) is 9.42. The van der Waals surface area contributed by atoms with Gasteiger partial charge in [-0.1, -0.05) is 54.9 Å². The van der Waals surface area contributed by atoms with Gasteiger partial charge in [0.05, 0.1) is 0 Å². The SMILES string of the molecule is CC(CCN)CCc1ccc(-c2ccc(Cl)cc2)cc1. The van der Waals surface area contributed by atoms with E-state index in [2.05, 4.69) is 43.3 Å². The number of aryl methyl sites for hydroxylation is 1. The third-order valence-corrected chi connectivity index (χ3v) is 3.97. The monoisotopic (exact) mass is 287 g/mol. The van der Waals surface area contributed by atoms with E-state index in [1.165, 1.54) is 23.1 Å². The van der Waals surface area contributed by atoms with Gasteiger partial charge in [-0.2, -0.15) is 0 Å². The molecule has 1 atom stereocenters. The van der Waals surface area contributed by atoms with Crippen molar-refractivity contribution in [3.8, 4) is 11.1 Å². The predicted molar refractivity (Wildman–Crippen MR) is 88.0 cm³/mol. The minimum absolute atomic E-state index is 0.705. The fraction of sp³-hybridized carbons (Fsp3) is 0.333. The van der Waals surface area contributed by atoms with Crippen LogP contribution in [0.4, 0.5) is 0 Å². The minimum atomic E-state index is 0.705. The average molecular weight is 288 g/mol. The van der Waals surface area contributed by atoms with Crippen molar-refractivity contribution < 1.29 is 0 Å². The van der Waals surface area contributed by atoms with Gasteiger partial charge >= 0.3 is 0 Å². The Morgan fingerprint density at radius 2 is 1.45 bits per heavy atom. The molecule has 2 aromatic rings. The van der Waals surface area contributed by atoms with Crippen LogP contribution in [0.2, 0.25) is 5.02 Å². The summed E-state index contributed by atoms with van der Waals surface area (Å²) in [6.45, 7) is 3.06. The highest BCUT2D eigenvalue weighted by Crippen LogP contribution is 2.22. The fourth-order valence-corrected chi connectivity index (χ4v) is 2.47. The highest BCUT2D eigenvalue weighted by Gasteiger charge is 2.03. The van der Waals surface area contributed by atoms with Gasteiger partial charge in [-0.25, -0.2) is 0 Å². The Bertz CT molecular complexity index is 516. The van der Waals surface area contributed by atoms with Gasteiger partial charge in [0.15, 0.2) is 0 Å². The predicted octanol–water partition coefficient (Wildman–Crippen LogP) is 4.92. The Balaban J connectivity index is 1.97. The van der Waals surface area contributed by atoms with Crippen molar-refractivity contribution in [1.29, 1.82) is 0 Å². The molecule has 2 rings (SSSR count). The fourth-order valence-electron chi connectivity index (χ4n) is 2.35. The summed E-state index contributed by atoms with van der Waals surface area (Å²) in [5.74, 6) is 0.705. The van der Waals surface area contributed by atoms with Crippen LogP contribution >= 0.6 is 11.6 Å². The first kappa shape index (κ1) is 15.1. The van der Waals surface area contributed by atoms with E-state index < -0.39 is 0 Å². The first-order valence-electron chi connectivity index (χ1n) is 7.24. The van der Waals surface area contributed by atoms with Crippen LogP contribution < -0.4 is 5.73 Å². The zero-order valence-electron chi connectivity index (χ0n) is 12.0. The standard InChI is InChI=1S/C18H22ClN/c1-14(12-13-20)2-3-15-4-6-16(7-5-15)17-8-10-18(19)11-9-17/h4-11,14H,2-3,12-13,20H2,1H3.